The Morgan fingerprint density at radius 3 is 2.71 bits per heavy atom. The van der Waals surface area contributed by atoms with Gasteiger partial charge in [0.05, 0.1) is 17.9 Å². The Hall–Kier alpha value is -2.39. The lowest BCUT2D eigenvalue weighted by Gasteiger charge is -2.29. The maximum atomic E-state index is 14.7. The number of nitrogens with zero attached hydrogens (tertiary/aromatic N) is 3. The first-order chi connectivity index (χ1) is 13.3. The summed E-state index contributed by atoms with van der Waals surface area (Å²) in [7, 11) is 3.50. The molecule has 1 saturated heterocycles. The number of ether oxygens (including phenoxy) is 1. The van der Waals surface area contributed by atoms with Crippen LogP contribution in [-0.4, -0.2) is 81.0 Å². The first-order valence-corrected chi connectivity index (χ1v) is 9.32. The first kappa shape index (κ1) is 21.9. The molecule has 1 fully saturated rings. The molecule has 0 aromatic heterocycles. The molecular formula is C19H29FN4O4. The quantitative estimate of drug-likeness (QED) is 0.649. The maximum Gasteiger partial charge on any atom is 0.414 e. The van der Waals surface area contributed by atoms with Crippen molar-refractivity contribution in [2.45, 2.75) is 26.0 Å². The van der Waals surface area contributed by atoms with Crippen molar-refractivity contribution in [2.24, 2.45) is 0 Å². The third-order valence-corrected chi connectivity index (χ3v) is 4.72. The topological polar surface area (TPSA) is 85.4 Å². The van der Waals surface area contributed by atoms with Gasteiger partial charge >= 0.3 is 6.09 Å². The Kier molecular flexibility index (Phi) is 7.59. The summed E-state index contributed by atoms with van der Waals surface area (Å²) < 4.78 is 19.9. The number of cyclic esters (lactones) is 1. The van der Waals surface area contributed by atoms with E-state index in [0.717, 1.165) is 0 Å². The zero-order valence-electron chi connectivity index (χ0n) is 16.8. The SMILES string of the molecule is CNCC1CN(c2ccc(N(C)CCN(C(=O)CO)C(C)C)c(F)c2)C(=O)O1. The van der Waals surface area contributed by atoms with Crippen molar-refractivity contribution in [1.82, 2.24) is 10.2 Å². The van der Waals surface area contributed by atoms with Gasteiger partial charge in [0.15, 0.2) is 0 Å². The number of benzene rings is 1. The molecule has 2 N–H and O–H groups in total. The van der Waals surface area contributed by atoms with Gasteiger partial charge in [-0.15, -0.1) is 0 Å². The summed E-state index contributed by atoms with van der Waals surface area (Å²) in [5.74, 6) is -0.822. The highest BCUT2D eigenvalue weighted by atomic mass is 19.1. The van der Waals surface area contributed by atoms with Crippen LogP contribution in [0, 0.1) is 5.82 Å². The van der Waals surface area contributed by atoms with Gasteiger partial charge in [0, 0.05) is 32.7 Å². The van der Waals surface area contributed by atoms with Crippen LogP contribution in [0.25, 0.3) is 0 Å². The smallest absolute Gasteiger partial charge is 0.414 e. The van der Waals surface area contributed by atoms with Gasteiger partial charge in [-0.2, -0.15) is 0 Å². The molecule has 0 spiro atoms. The fourth-order valence-electron chi connectivity index (χ4n) is 3.18. The standard InChI is InChI=1S/C19H29FN4O4/c1-13(2)23(18(26)12-25)8-7-22(4)17-6-5-14(9-16(17)20)24-11-15(10-21-3)28-19(24)27/h5-6,9,13,15,21,25H,7-8,10-12H2,1-4H3. The summed E-state index contributed by atoms with van der Waals surface area (Å²) in [5.41, 5.74) is 0.806. The average molecular weight is 396 g/mol. The molecule has 2 amide bonds. The van der Waals surface area contributed by atoms with E-state index in [1.807, 2.05) is 13.8 Å². The molecule has 1 atom stereocenters. The van der Waals surface area contributed by atoms with Crippen molar-refractivity contribution in [1.29, 1.82) is 0 Å². The van der Waals surface area contributed by atoms with Crippen molar-refractivity contribution in [3.63, 3.8) is 0 Å². The molecule has 1 aromatic rings. The van der Waals surface area contributed by atoms with Gasteiger partial charge in [-0.3, -0.25) is 9.69 Å². The van der Waals surface area contributed by atoms with Crippen LogP contribution in [0.15, 0.2) is 18.2 Å². The van der Waals surface area contributed by atoms with Gasteiger partial charge < -0.3 is 25.0 Å². The highest BCUT2D eigenvalue weighted by Crippen LogP contribution is 2.27. The first-order valence-electron chi connectivity index (χ1n) is 9.32. The molecular weight excluding hydrogens is 367 g/mol. The number of rotatable bonds is 9. The van der Waals surface area contributed by atoms with E-state index >= 15 is 0 Å². The van der Waals surface area contributed by atoms with Crippen LogP contribution in [0.3, 0.4) is 0 Å². The van der Waals surface area contributed by atoms with E-state index < -0.39 is 18.5 Å². The Morgan fingerprint density at radius 1 is 1.43 bits per heavy atom. The lowest BCUT2D eigenvalue weighted by Crippen LogP contribution is -2.43. The Labute approximate surface area is 164 Å². The van der Waals surface area contributed by atoms with Gasteiger partial charge in [0.1, 0.15) is 18.5 Å². The number of carbonyl (C=O) groups is 2. The minimum Gasteiger partial charge on any atom is -0.443 e. The predicted molar refractivity (Wildman–Crippen MR) is 105 cm³/mol. The lowest BCUT2D eigenvalue weighted by molar-refractivity contribution is -0.135. The van der Waals surface area contributed by atoms with E-state index in [1.165, 1.54) is 11.0 Å². The maximum absolute atomic E-state index is 14.7. The van der Waals surface area contributed by atoms with Crippen LogP contribution in [-0.2, 0) is 9.53 Å². The molecule has 0 bridgehead atoms. The van der Waals surface area contributed by atoms with Crippen molar-refractivity contribution < 1.29 is 23.8 Å². The second-order valence-corrected chi connectivity index (χ2v) is 7.07. The van der Waals surface area contributed by atoms with E-state index in [9.17, 15) is 14.0 Å². The molecule has 1 heterocycles. The summed E-state index contributed by atoms with van der Waals surface area (Å²) >= 11 is 0. The summed E-state index contributed by atoms with van der Waals surface area (Å²) in [6, 6.07) is 4.54. The molecule has 8 nitrogen and oxygen atoms in total. The summed E-state index contributed by atoms with van der Waals surface area (Å²) in [6.07, 6.45) is -0.759. The number of carbonyl (C=O) groups excluding carboxylic acids is 2. The molecule has 2 rings (SSSR count). The number of aliphatic hydroxyl groups excluding tert-OH is 1. The van der Waals surface area contributed by atoms with Gasteiger partial charge in [-0.05, 0) is 39.1 Å². The van der Waals surface area contributed by atoms with Crippen LogP contribution in [0.1, 0.15) is 13.8 Å². The zero-order chi connectivity index (χ0) is 20.8. The number of likely N-dealkylation sites (N-methyl/N-ethyl adjacent to an activating group) is 2. The molecule has 1 aliphatic rings. The Morgan fingerprint density at radius 2 is 2.14 bits per heavy atom. The van der Waals surface area contributed by atoms with Gasteiger partial charge in [-0.1, -0.05) is 0 Å². The molecule has 1 aliphatic heterocycles. The van der Waals surface area contributed by atoms with Crippen molar-refractivity contribution in [2.75, 3.05) is 56.7 Å². The van der Waals surface area contributed by atoms with E-state index in [-0.39, 0.29) is 18.1 Å². The third kappa shape index (κ3) is 5.11. The van der Waals surface area contributed by atoms with Gasteiger partial charge in [0.25, 0.3) is 0 Å². The minimum atomic E-state index is -0.550. The van der Waals surface area contributed by atoms with Crippen LogP contribution < -0.4 is 15.1 Å². The van der Waals surface area contributed by atoms with Crippen LogP contribution in [0.2, 0.25) is 0 Å². The number of aliphatic hydroxyl groups is 1. The van der Waals surface area contributed by atoms with Gasteiger partial charge in [-0.25, -0.2) is 9.18 Å². The van der Waals surface area contributed by atoms with Crippen molar-refractivity contribution in [3.05, 3.63) is 24.0 Å². The summed E-state index contributed by atoms with van der Waals surface area (Å²) in [5, 5.41) is 12.0. The molecule has 1 aromatic carbocycles. The average Bonchev–Trinajstić information content (AvgIpc) is 3.01. The van der Waals surface area contributed by atoms with Crippen molar-refractivity contribution >= 4 is 23.4 Å². The summed E-state index contributed by atoms with van der Waals surface area (Å²) in [4.78, 5) is 28.5. The molecule has 9 heteroatoms. The highest BCUT2D eigenvalue weighted by molar-refractivity contribution is 5.90. The molecule has 0 radical (unpaired) electrons. The predicted octanol–water partition coefficient (Wildman–Crippen LogP) is 1.04. The largest absolute Gasteiger partial charge is 0.443 e. The second kappa shape index (κ2) is 9.70. The van der Waals surface area contributed by atoms with Crippen LogP contribution in [0.4, 0.5) is 20.6 Å². The monoisotopic (exact) mass is 396 g/mol. The molecule has 0 saturated carbocycles. The number of hydrogen-bond acceptors (Lipinski definition) is 6. The molecule has 0 aliphatic carbocycles. The second-order valence-electron chi connectivity index (χ2n) is 7.07. The molecule has 28 heavy (non-hydrogen) atoms. The lowest BCUT2D eigenvalue weighted by atomic mass is 10.2. The Balaban J connectivity index is 2.05. The fraction of sp³-hybridized carbons (Fsp3) is 0.579. The number of halogens is 1. The van der Waals surface area contributed by atoms with Crippen molar-refractivity contribution in [3.8, 4) is 0 Å². The molecule has 1 unspecified atom stereocenters. The van der Waals surface area contributed by atoms with Crippen LogP contribution in [0.5, 0.6) is 0 Å². The summed E-state index contributed by atoms with van der Waals surface area (Å²) in [6.45, 7) is 4.82. The molecule has 156 valence electrons. The highest BCUT2D eigenvalue weighted by Gasteiger charge is 2.32. The normalized spacial score (nSPS) is 16.5. The van der Waals surface area contributed by atoms with E-state index in [4.69, 9.17) is 9.84 Å². The number of nitrogens with one attached hydrogen (secondary N) is 1. The fourth-order valence-corrected chi connectivity index (χ4v) is 3.18. The van der Waals surface area contributed by atoms with E-state index in [0.29, 0.717) is 37.6 Å². The number of anilines is 2. The zero-order valence-corrected chi connectivity index (χ0v) is 16.8. The van der Waals surface area contributed by atoms with E-state index in [2.05, 4.69) is 5.32 Å². The Bertz CT molecular complexity index is 701. The minimum absolute atomic E-state index is 0.0630. The van der Waals surface area contributed by atoms with E-state index in [1.54, 1.807) is 36.0 Å². The number of amides is 2. The third-order valence-electron chi connectivity index (χ3n) is 4.72. The van der Waals surface area contributed by atoms with Crippen LogP contribution >= 0.6 is 0 Å². The van der Waals surface area contributed by atoms with Gasteiger partial charge in [0.2, 0.25) is 5.91 Å². The number of hydrogen-bond donors (Lipinski definition) is 2.